The van der Waals surface area contributed by atoms with Gasteiger partial charge >= 0.3 is 0 Å². The fourth-order valence-corrected chi connectivity index (χ4v) is 13.8. The van der Waals surface area contributed by atoms with Gasteiger partial charge in [-0.25, -0.2) is 0 Å². The molecule has 0 aromatic carbocycles. The highest BCUT2D eigenvalue weighted by atomic mass is 29.2. The smallest absolute Gasteiger partial charge is 0.0418 e. The Bertz CT molecular complexity index is 189. The lowest BCUT2D eigenvalue weighted by atomic mass is 10.3. The molecule has 0 nitrogen and oxygen atoms in total. The number of unbranched alkanes of at least 4 members (excludes halogenated alkanes) is 8. The van der Waals surface area contributed by atoms with Crippen molar-refractivity contribution in [2.24, 2.45) is 0 Å². The Morgan fingerprint density at radius 1 is 0.500 bits per heavy atom. The SMILES string of the molecule is CCCCC[Si][Si](CCCCC)(CCCCC)CCCCC. The maximum absolute atomic E-state index is 2.36. The third-order valence-corrected chi connectivity index (χ3v) is 15.6. The van der Waals surface area contributed by atoms with Crippen LogP contribution in [0.1, 0.15) is 105 Å². The maximum atomic E-state index is 2.36. The van der Waals surface area contributed by atoms with Gasteiger partial charge in [-0.1, -0.05) is 129 Å². The lowest BCUT2D eigenvalue weighted by molar-refractivity contribution is 0.721. The van der Waals surface area contributed by atoms with Crippen molar-refractivity contribution >= 4 is 16.6 Å². The number of rotatable bonds is 17. The molecule has 2 radical (unpaired) electrons. The minimum absolute atomic E-state index is 0.929. The van der Waals surface area contributed by atoms with Gasteiger partial charge in [0.15, 0.2) is 0 Å². The molecule has 0 bridgehead atoms. The zero-order valence-electron chi connectivity index (χ0n) is 16.3. The molecule has 0 rings (SSSR count). The Hall–Kier alpha value is 0.434. The van der Waals surface area contributed by atoms with Crippen LogP contribution in [0.3, 0.4) is 0 Å². The summed E-state index contributed by atoms with van der Waals surface area (Å²) in [5, 5.41) is 0. The molecule has 0 amide bonds. The van der Waals surface area contributed by atoms with Gasteiger partial charge in [-0.2, -0.15) is 0 Å². The van der Waals surface area contributed by atoms with Crippen molar-refractivity contribution in [1.29, 1.82) is 0 Å². The fourth-order valence-electron chi connectivity index (χ4n) is 3.51. The summed E-state index contributed by atoms with van der Waals surface area (Å²) in [6, 6.07) is 6.57. The predicted molar refractivity (Wildman–Crippen MR) is 109 cm³/mol. The molecule has 22 heavy (non-hydrogen) atoms. The van der Waals surface area contributed by atoms with Crippen LogP contribution in [0, 0.1) is 0 Å². The van der Waals surface area contributed by atoms with E-state index in [1.54, 1.807) is 43.4 Å². The molecule has 0 saturated heterocycles. The van der Waals surface area contributed by atoms with Crippen LogP contribution in [0.5, 0.6) is 0 Å². The van der Waals surface area contributed by atoms with Crippen LogP contribution in [-0.2, 0) is 0 Å². The van der Waals surface area contributed by atoms with Gasteiger partial charge in [-0.05, 0) is 0 Å². The fraction of sp³-hybridized carbons (Fsp3) is 1.00. The first kappa shape index (κ1) is 22.4. The van der Waals surface area contributed by atoms with Gasteiger partial charge in [0.2, 0.25) is 0 Å². The highest BCUT2D eigenvalue weighted by Crippen LogP contribution is 2.29. The first-order valence-electron chi connectivity index (χ1n) is 10.5. The van der Waals surface area contributed by atoms with Gasteiger partial charge in [0, 0.05) is 16.6 Å². The molecule has 0 aromatic heterocycles. The predicted octanol–water partition coefficient (Wildman–Crippen LogP) is 7.82. The molecule has 0 aliphatic heterocycles. The second-order valence-corrected chi connectivity index (χ2v) is 16.4. The largest absolute Gasteiger partial charge is 0.0654 e. The van der Waals surface area contributed by atoms with E-state index in [1.165, 1.54) is 66.8 Å². The first-order chi connectivity index (χ1) is 10.7. The molecule has 0 heterocycles. The van der Waals surface area contributed by atoms with E-state index in [4.69, 9.17) is 0 Å². The summed E-state index contributed by atoms with van der Waals surface area (Å²) < 4.78 is 0. The van der Waals surface area contributed by atoms with E-state index in [9.17, 15) is 0 Å². The Labute approximate surface area is 145 Å². The maximum Gasteiger partial charge on any atom is 0.0418 e. The zero-order valence-corrected chi connectivity index (χ0v) is 18.3. The van der Waals surface area contributed by atoms with Crippen LogP contribution in [0.2, 0.25) is 24.2 Å². The number of hydrogen-bond donors (Lipinski definition) is 0. The van der Waals surface area contributed by atoms with Crippen molar-refractivity contribution in [1.82, 2.24) is 0 Å². The van der Waals surface area contributed by atoms with E-state index < -0.39 is 7.59 Å². The van der Waals surface area contributed by atoms with Gasteiger partial charge in [0.1, 0.15) is 0 Å². The van der Waals surface area contributed by atoms with Crippen LogP contribution in [0.25, 0.3) is 0 Å². The summed E-state index contributed by atoms with van der Waals surface area (Å²) in [5.74, 6) is 0. The van der Waals surface area contributed by atoms with Crippen LogP contribution >= 0.6 is 0 Å². The van der Waals surface area contributed by atoms with E-state index in [0.29, 0.717) is 0 Å². The van der Waals surface area contributed by atoms with Crippen molar-refractivity contribution in [3.05, 3.63) is 0 Å². The Balaban J connectivity index is 4.53. The Kier molecular flexibility index (Phi) is 16.6. The molecule has 132 valence electrons. The molecule has 0 aliphatic rings. The highest BCUT2D eigenvalue weighted by molar-refractivity contribution is 7.24. The first-order valence-corrected chi connectivity index (χ1v) is 15.3. The van der Waals surface area contributed by atoms with Crippen molar-refractivity contribution in [3.63, 3.8) is 0 Å². The summed E-state index contributed by atoms with van der Waals surface area (Å²) in [5.41, 5.74) is 0. The molecule has 0 N–H and O–H groups in total. The van der Waals surface area contributed by atoms with E-state index in [1.807, 2.05) is 0 Å². The molecule has 0 saturated carbocycles. The summed E-state index contributed by atoms with van der Waals surface area (Å²) in [4.78, 5) is 0. The monoisotopic (exact) mass is 340 g/mol. The van der Waals surface area contributed by atoms with Crippen molar-refractivity contribution in [2.45, 2.75) is 129 Å². The topological polar surface area (TPSA) is 0 Å². The molecule has 0 unspecified atom stereocenters. The molecule has 2 heteroatoms. The van der Waals surface area contributed by atoms with Crippen LogP contribution < -0.4 is 0 Å². The third kappa shape index (κ3) is 11.9. The second kappa shape index (κ2) is 16.3. The van der Waals surface area contributed by atoms with Crippen LogP contribution in [0.4, 0.5) is 0 Å². The molecular formula is C20H44Si2. The standard InChI is InChI=1S/C20H44Si2/c1-5-9-13-17-21-22(18-14-10-6-2,19-15-11-7-3)20-16-12-8-4/h5-20H2,1-4H3. The quantitative estimate of drug-likeness (QED) is 0.187. The molecule has 0 aromatic rings. The molecule has 0 aliphatic carbocycles. The van der Waals surface area contributed by atoms with Gasteiger partial charge in [-0.15, -0.1) is 0 Å². The molecule has 0 spiro atoms. The van der Waals surface area contributed by atoms with Crippen molar-refractivity contribution < 1.29 is 0 Å². The van der Waals surface area contributed by atoms with Crippen molar-refractivity contribution in [3.8, 4) is 0 Å². The minimum Gasteiger partial charge on any atom is -0.0654 e. The Morgan fingerprint density at radius 3 is 1.23 bits per heavy atom. The summed E-state index contributed by atoms with van der Waals surface area (Å²) in [6.07, 6.45) is 17.6. The normalized spacial score (nSPS) is 12.0. The van der Waals surface area contributed by atoms with Crippen LogP contribution in [0.15, 0.2) is 0 Å². The zero-order chi connectivity index (χ0) is 16.5. The average molecular weight is 341 g/mol. The van der Waals surface area contributed by atoms with Gasteiger partial charge in [0.25, 0.3) is 0 Å². The molecule has 0 fully saturated rings. The molecule has 0 atom stereocenters. The van der Waals surface area contributed by atoms with E-state index in [2.05, 4.69) is 27.7 Å². The number of hydrogen-bond acceptors (Lipinski definition) is 0. The van der Waals surface area contributed by atoms with Gasteiger partial charge in [0.05, 0.1) is 0 Å². The van der Waals surface area contributed by atoms with E-state index >= 15 is 0 Å². The average Bonchev–Trinajstić information content (AvgIpc) is 2.52. The minimum atomic E-state index is -0.929. The van der Waals surface area contributed by atoms with E-state index in [0.717, 1.165) is 0 Å². The summed E-state index contributed by atoms with van der Waals surface area (Å²) >= 11 is 0. The second-order valence-electron chi connectivity index (χ2n) is 7.29. The summed E-state index contributed by atoms with van der Waals surface area (Å²) in [6.45, 7) is 9.43. The lowest BCUT2D eigenvalue weighted by Gasteiger charge is -2.32. The summed E-state index contributed by atoms with van der Waals surface area (Å²) in [7, 11) is 0.447. The molecular weight excluding hydrogens is 296 g/mol. The highest BCUT2D eigenvalue weighted by Gasteiger charge is 2.30. The van der Waals surface area contributed by atoms with Gasteiger partial charge in [-0.3, -0.25) is 0 Å². The third-order valence-electron chi connectivity index (χ3n) is 5.06. The van der Waals surface area contributed by atoms with Crippen molar-refractivity contribution in [2.75, 3.05) is 0 Å². The van der Waals surface area contributed by atoms with Crippen LogP contribution in [-0.4, -0.2) is 16.6 Å². The lowest BCUT2D eigenvalue weighted by Crippen LogP contribution is -2.41. The van der Waals surface area contributed by atoms with Gasteiger partial charge < -0.3 is 0 Å². The Morgan fingerprint density at radius 2 is 0.864 bits per heavy atom. The van der Waals surface area contributed by atoms with E-state index in [-0.39, 0.29) is 0 Å².